The van der Waals surface area contributed by atoms with Gasteiger partial charge < -0.3 is 19.9 Å². The molecule has 0 fully saturated rings. The summed E-state index contributed by atoms with van der Waals surface area (Å²) in [6, 6.07) is 3.95. The minimum atomic E-state index is 0.0969. The second-order valence-corrected chi connectivity index (χ2v) is 4.88. The van der Waals surface area contributed by atoms with Crippen LogP contribution in [-0.2, 0) is 6.54 Å². The predicted molar refractivity (Wildman–Crippen MR) is 75.3 cm³/mol. The summed E-state index contributed by atoms with van der Waals surface area (Å²) in [7, 11) is 3.24. The number of halogens is 1. The summed E-state index contributed by atoms with van der Waals surface area (Å²) in [5.74, 6) is 1.42. The van der Waals surface area contributed by atoms with E-state index < -0.39 is 0 Å². The Hall–Kier alpha value is -0.780. The standard InChI is InChI=1S/C13H20BrNO3/c1-4-11(8-16)15-7-9-5-10(14)6-12(17-2)13(9)18-3/h5-6,11,15-16H,4,7-8H2,1-3H3. The molecule has 18 heavy (non-hydrogen) atoms. The number of benzene rings is 1. The smallest absolute Gasteiger partial charge is 0.165 e. The lowest BCUT2D eigenvalue weighted by atomic mass is 10.1. The first-order chi connectivity index (χ1) is 8.65. The molecule has 1 rings (SSSR count). The zero-order valence-electron chi connectivity index (χ0n) is 11.0. The highest BCUT2D eigenvalue weighted by atomic mass is 79.9. The molecule has 0 radical (unpaired) electrons. The van der Waals surface area contributed by atoms with Crippen molar-refractivity contribution in [3.63, 3.8) is 0 Å². The molecule has 102 valence electrons. The van der Waals surface area contributed by atoms with Gasteiger partial charge in [0.15, 0.2) is 11.5 Å². The molecule has 1 atom stereocenters. The van der Waals surface area contributed by atoms with Crippen LogP contribution in [0.2, 0.25) is 0 Å². The second kappa shape index (κ2) is 7.61. The Kier molecular flexibility index (Phi) is 6.46. The van der Waals surface area contributed by atoms with E-state index in [1.54, 1.807) is 14.2 Å². The molecule has 0 bridgehead atoms. The normalized spacial score (nSPS) is 12.3. The molecule has 0 saturated heterocycles. The van der Waals surface area contributed by atoms with Crippen LogP contribution < -0.4 is 14.8 Å². The molecule has 0 aliphatic heterocycles. The van der Waals surface area contributed by atoms with Gasteiger partial charge in [-0.15, -0.1) is 0 Å². The molecule has 0 heterocycles. The number of aliphatic hydroxyl groups excluding tert-OH is 1. The SMILES string of the molecule is CCC(CO)NCc1cc(Br)cc(OC)c1OC. The summed E-state index contributed by atoms with van der Waals surface area (Å²) in [6.07, 6.45) is 0.879. The van der Waals surface area contributed by atoms with Gasteiger partial charge in [-0.25, -0.2) is 0 Å². The molecule has 0 aliphatic rings. The molecule has 5 heteroatoms. The Balaban J connectivity index is 2.89. The van der Waals surface area contributed by atoms with Crippen molar-refractivity contribution in [3.05, 3.63) is 22.2 Å². The van der Waals surface area contributed by atoms with Gasteiger partial charge >= 0.3 is 0 Å². The van der Waals surface area contributed by atoms with Crippen LogP contribution in [0.15, 0.2) is 16.6 Å². The maximum Gasteiger partial charge on any atom is 0.165 e. The lowest BCUT2D eigenvalue weighted by molar-refractivity contribution is 0.237. The minimum absolute atomic E-state index is 0.0969. The number of aliphatic hydroxyl groups is 1. The van der Waals surface area contributed by atoms with E-state index in [0.717, 1.165) is 22.2 Å². The molecule has 0 aromatic heterocycles. The van der Waals surface area contributed by atoms with E-state index in [4.69, 9.17) is 14.6 Å². The third kappa shape index (κ3) is 3.86. The highest BCUT2D eigenvalue weighted by Gasteiger charge is 2.13. The molecule has 0 saturated carbocycles. The average Bonchev–Trinajstić information content (AvgIpc) is 2.39. The maximum atomic E-state index is 9.16. The molecule has 0 amide bonds. The first-order valence-corrected chi connectivity index (χ1v) is 6.70. The maximum absolute atomic E-state index is 9.16. The van der Waals surface area contributed by atoms with Crippen molar-refractivity contribution in [1.29, 1.82) is 0 Å². The Labute approximate surface area is 116 Å². The monoisotopic (exact) mass is 317 g/mol. The van der Waals surface area contributed by atoms with Gasteiger partial charge in [-0.2, -0.15) is 0 Å². The Morgan fingerprint density at radius 1 is 1.33 bits per heavy atom. The molecular weight excluding hydrogens is 298 g/mol. The summed E-state index contributed by atoms with van der Waals surface area (Å²) in [5, 5.41) is 12.4. The lowest BCUT2D eigenvalue weighted by Crippen LogP contribution is -2.31. The highest BCUT2D eigenvalue weighted by molar-refractivity contribution is 9.10. The van der Waals surface area contributed by atoms with Gasteiger partial charge in [-0.1, -0.05) is 22.9 Å². The van der Waals surface area contributed by atoms with Crippen LogP contribution in [0, 0.1) is 0 Å². The highest BCUT2D eigenvalue weighted by Crippen LogP contribution is 2.34. The molecule has 1 unspecified atom stereocenters. The molecule has 0 spiro atoms. The van der Waals surface area contributed by atoms with E-state index in [-0.39, 0.29) is 12.6 Å². The van der Waals surface area contributed by atoms with Gasteiger partial charge in [-0.05, 0) is 18.6 Å². The van der Waals surface area contributed by atoms with Crippen LogP contribution in [0.3, 0.4) is 0 Å². The second-order valence-electron chi connectivity index (χ2n) is 3.97. The average molecular weight is 318 g/mol. The molecule has 1 aromatic carbocycles. The fraction of sp³-hybridized carbons (Fsp3) is 0.538. The topological polar surface area (TPSA) is 50.7 Å². The number of rotatable bonds is 7. The van der Waals surface area contributed by atoms with Crippen LogP contribution in [-0.4, -0.2) is 32.0 Å². The summed E-state index contributed by atoms with van der Waals surface area (Å²) in [5.41, 5.74) is 0.996. The number of nitrogens with one attached hydrogen (secondary N) is 1. The van der Waals surface area contributed by atoms with E-state index in [2.05, 4.69) is 21.2 Å². The largest absolute Gasteiger partial charge is 0.493 e. The van der Waals surface area contributed by atoms with Crippen LogP contribution in [0.1, 0.15) is 18.9 Å². The zero-order valence-corrected chi connectivity index (χ0v) is 12.6. The lowest BCUT2D eigenvalue weighted by Gasteiger charge is -2.17. The summed E-state index contributed by atoms with van der Waals surface area (Å²) >= 11 is 3.45. The molecule has 1 aromatic rings. The number of hydrogen-bond donors (Lipinski definition) is 2. The molecule has 0 aliphatic carbocycles. The van der Waals surface area contributed by atoms with E-state index in [9.17, 15) is 0 Å². The van der Waals surface area contributed by atoms with Gasteiger partial charge in [-0.3, -0.25) is 0 Å². The van der Waals surface area contributed by atoms with E-state index in [1.165, 1.54) is 0 Å². The van der Waals surface area contributed by atoms with Crippen molar-refractivity contribution >= 4 is 15.9 Å². The molecule has 2 N–H and O–H groups in total. The van der Waals surface area contributed by atoms with Crippen molar-refractivity contribution in [3.8, 4) is 11.5 Å². The van der Waals surface area contributed by atoms with Crippen LogP contribution >= 0.6 is 15.9 Å². The van der Waals surface area contributed by atoms with Gasteiger partial charge in [0.2, 0.25) is 0 Å². The number of hydrogen-bond acceptors (Lipinski definition) is 4. The molecular formula is C13H20BrNO3. The Morgan fingerprint density at radius 2 is 2.06 bits per heavy atom. The summed E-state index contributed by atoms with van der Waals surface area (Å²) in [4.78, 5) is 0. The third-order valence-electron chi connectivity index (χ3n) is 2.81. The summed E-state index contributed by atoms with van der Waals surface area (Å²) < 4.78 is 11.6. The van der Waals surface area contributed by atoms with E-state index in [1.807, 2.05) is 19.1 Å². The Bertz CT molecular complexity index is 381. The van der Waals surface area contributed by atoms with Gasteiger partial charge in [0.1, 0.15) is 0 Å². The summed E-state index contributed by atoms with van der Waals surface area (Å²) in [6.45, 7) is 2.79. The van der Waals surface area contributed by atoms with Crippen molar-refractivity contribution in [2.75, 3.05) is 20.8 Å². The molecule has 4 nitrogen and oxygen atoms in total. The first-order valence-electron chi connectivity index (χ1n) is 5.90. The Morgan fingerprint density at radius 3 is 2.56 bits per heavy atom. The van der Waals surface area contributed by atoms with Crippen LogP contribution in [0.5, 0.6) is 11.5 Å². The minimum Gasteiger partial charge on any atom is -0.493 e. The van der Waals surface area contributed by atoms with Gasteiger partial charge in [0.25, 0.3) is 0 Å². The van der Waals surface area contributed by atoms with E-state index >= 15 is 0 Å². The van der Waals surface area contributed by atoms with E-state index in [0.29, 0.717) is 12.3 Å². The predicted octanol–water partition coefficient (Wildman–Crippen LogP) is 2.33. The van der Waals surface area contributed by atoms with Crippen molar-refractivity contribution in [1.82, 2.24) is 5.32 Å². The quantitative estimate of drug-likeness (QED) is 0.810. The fourth-order valence-electron chi connectivity index (χ4n) is 1.73. The zero-order chi connectivity index (χ0) is 13.5. The fourth-order valence-corrected chi connectivity index (χ4v) is 2.21. The first kappa shape index (κ1) is 15.3. The van der Waals surface area contributed by atoms with Crippen molar-refractivity contribution < 1.29 is 14.6 Å². The van der Waals surface area contributed by atoms with Crippen LogP contribution in [0.25, 0.3) is 0 Å². The van der Waals surface area contributed by atoms with Gasteiger partial charge in [0, 0.05) is 22.6 Å². The van der Waals surface area contributed by atoms with Gasteiger partial charge in [0.05, 0.1) is 20.8 Å². The third-order valence-corrected chi connectivity index (χ3v) is 3.27. The van der Waals surface area contributed by atoms with Crippen molar-refractivity contribution in [2.45, 2.75) is 25.9 Å². The van der Waals surface area contributed by atoms with Crippen molar-refractivity contribution in [2.24, 2.45) is 0 Å². The number of methoxy groups -OCH3 is 2. The number of ether oxygens (including phenoxy) is 2. The van der Waals surface area contributed by atoms with Crippen LogP contribution in [0.4, 0.5) is 0 Å².